The lowest BCUT2D eigenvalue weighted by molar-refractivity contribution is 0.100. The van der Waals surface area contributed by atoms with Gasteiger partial charge in [-0.25, -0.2) is 0 Å². The quantitative estimate of drug-likeness (QED) is 0.504. The van der Waals surface area contributed by atoms with E-state index in [0.717, 1.165) is 18.7 Å². The summed E-state index contributed by atoms with van der Waals surface area (Å²) in [5.41, 5.74) is 7.91. The van der Waals surface area contributed by atoms with Gasteiger partial charge in [0.25, 0.3) is 5.91 Å². The van der Waals surface area contributed by atoms with Crippen molar-refractivity contribution in [2.24, 2.45) is 10.7 Å². The van der Waals surface area contributed by atoms with Crippen LogP contribution in [0.4, 0.5) is 0 Å². The van der Waals surface area contributed by atoms with E-state index in [1.807, 2.05) is 19.9 Å². The predicted molar refractivity (Wildman–Crippen MR) is 114 cm³/mol. The highest BCUT2D eigenvalue weighted by Gasteiger charge is 2.20. The number of aliphatic hydroxyl groups excluding tert-OH is 1. The van der Waals surface area contributed by atoms with Crippen LogP contribution in [0.25, 0.3) is 0 Å². The van der Waals surface area contributed by atoms with Crippen molar-refractivity contribution in [3.8, 4) is 11.5 Å². The minimum absolute atomic E-state index is 0.122. The Bertz CT molecular complexity index is 916. The van der Waals surface area contributed by atoms with Gasteiger partial charge in [0.05, 0.1) is 25.0 Å². The minimum Gasteiger partial charge on any atom is -0.490 e. The van der Waals surface area contributed by atoms with Crippen molar-refractivity contribution in [1.29, 1.82) is 0 Å². The zero-order chi connectivity index (χ0) is 21.5. The molecule has 1 aliphatic heterocycles. The number of aliphatic imine (C=N–C) groups is 1. The zero-order valence-corrected chi connectivity index (χ0v) is 17.4. The third-order valence-electron chi connectivity index (χ3n) is 4.76. The average Bonchev–Trinajstić information content (AvgIpc) is 3.14. The Kier molecular flexibility index (Phi) is 7.37. The summed E-state index contributed by atoms with van der Waals surface area (Å²) in [6, 6.07) is 8.49. The fourth-order valence-corrected chi connectivity index (χ4v) is 3.33. The topological polar surface area (TPSA) is 110 Å². The van der Waals surface area contributed by atoms with Crippen LogP contribution >= 0.6 is 0 Å². The van der Waals surface area contributed by atoms with E-state index in [-0.39, 0.29) is 11.9 Å². The molecule has 8 nitrogen and oxygen atoms in total. The van der Waals surface area contributed by atoms with Gasteiger partial charge in [0, 0.05) is 37.0 Å². The summed E-state index contributed by atoms with van der Waals surface area (Å²) in [6.45, 7) is 6.78. The minimum atomic E-state index is -0.461. The molecule has 1 amide bonds. The number of hydrogen-bond donors (Lipinski definition) is 2. The van der Waals surface area contributed by atoms with E-state index >= 15 is 0 Å². The number of aliphatic hydroxyl groups is 1. The summed E-state index contributed by atoms with van der Waals surface area (Å²) < 4.78 is 11.1. The van der Waals surface area contributed by atoms with Crippen molar-refractivity contribution in [2.75, 3.05) is 26.3 Å². The van der Waals surface area contributed by atoms with Crippen molar-refractivity contribution in [3.63, 3.8) is 0 Å². The van der Waals surface area contributed by atoms with Gasteiger partial charge in [-0.05, 0) is 50.6 Å². The Balaban J connectivity index is 1.75. The van der Waals surface area contributed by atoms with Crippen LogP contribution in [-0.4, -0.2) is 59.1 Å². The highest BCUT2D eigenvalue weighted by atomic mass is 16.5. The van der Waals surface area contributed by atoms with Crippen LogP contribution in [0.15, 0.2) is 41.5 Å². The van der Waals surface area contributed by atoms with Crippen LogP contribution in [0.2, 0.25) is 0 Å². The standard InChI is InChI=1S/C22H28N4O4/c1-3-29-19-6-5-16(12-20(19)30-4-2)22(28)25-21(23)15-7-9-24-17(11-15)13-26-10-8-18(27)14-26/h5-7,9,11-12,18,27H,3-4,8,10,13-14H2,1-2H3,(H2,23,25,28)/t18-/m1/s1. The van der Waals surface area contributed by atoms with Crippen molar-refractivity contribution in [2.45, 2.75) is 32.9 Å². The van der Waals surface area contributed by atoms with Gasteiger partial charge in [0.2, 0.25) is 0 Å². The number of hydrogen-bond acceptors (Lipinski definition) is 6. The average molecular weight is 412 g/mol. The molecule has 1 aromatic heterocycles. The SMILES string of the molecule is CCOc1ccc(C(=O)N=C(N)c2ccnc(CN3CC[C@@H](O)C3)c2)cc1OCC. The molecule has 1 atom stereocenters. The maximum absolute atomic E-state index is 12.6. The molecule has 3 rings (SSSR count). The second-order valence-electron chi connectivity index (χ2n) is 7.04. The normalized spacial score (nSPS) is 17.2. The van der Waals surface area contributed by atoms with Gasteiger partial charge in [0.1, 0.15) is 5.84 Å². The number of β-amino-alcohol motifs (C(OH)–C–C–N with tert-alkyl or cyclic N) is 1. The van der Waals surface area contributed by atoms with Gasteiger partial charge >= 0.3 is 0 Å². The first-order chi connectivity index (χ1) is 14.5. The molecule has 2 heterocycles. The van der Waals surface area contributed by atoms with Gasteiger partial charge in [-0.3, -0.25) is 14.7 Å². The van der Waals surface area contributed by atoms with Gasteiger partial charge in [-0.1, -0.05) is 0 Å². The molecule has 2 aromatic rings. The Morgan fingerprint density at radius 2 is 1.97 bits per heavy atom. The molecule has 8 heteroatoms. The maximum atomic E-state index is 12.6. The molecule has 1 fully saturated rings. The molecule has 0 bridgehead atoms. The first-order valence-electron chi connectivity index (χ1n) is 10.1. The first-order valence-corrected chi connectivity index (χ1v) is 10.1. The largest absolute Gasteiger partial charge is 0.490 e. The molecule has 0 aliphatic carbocycles. The fourth-order valence-electron chi connectivity index (χ4n) is 3.33. The molecular weight excluding hydrogens is 384 g/mol. The van der Waals surface area contributed by atoms with Gasteiger partial charge in [-0.15, -0.1) is 0 Å². The van der Waals surface area contributed by atoms with Gasteiger partial charge in [-0.2, -0.15) is 4.99 Å². The number of benzene rings is 1. The molecule has 1 saturated heterocycles. The number of carbonyl (C=O) groups is 1. The number of amides is 1. The molecule has 160 valence electrons. The Labute approximate surface area is 176 Å². The van der Waals surface area contributed by atoms with Crippen LogP contribution in [0.1, 0.15) is 41.9 Å². The molecule has 0 unspecified atom stereocenters. The lowest BCUT2D eigenvalue weighted by Gasteiger charge is -2.14. The van der Waals surface area contributed by atoms with Crippen LogP contribution < -0.4 is 15.2 Å². The monoisotopic (exact) mass is 412 g/mol. The fraction of sp³-hybridized carbons (Fsp3) is 0.409. The summed E-state index contributed by atoms with van der Waals surface area (Å²) in [4.78, 5) is 23.2. The van der Waals surface area contributed by atoms with Crippen LogP contribution in [-0.2, 0) is 6.54 Å². The summed E-state index contributed by atoms with van der Waals surface area (Å²) in [6.07, 6.45) is 2.13. The zero-order valence-electron chi connectivity index (χ0n) is 17.4. The molecule has 0 spiro atoms. The second-order valence-corrected chi connectivity index (χ2v) is 7.04. The molecule has 3 N–H and O–H groups in total. The predicted octanol–water partition coefficient (Wildman–Crippen LogP) is 1.99. The molecule has 1 aromatic carbocycles. The Hall–Kier alpha value is -2.97. The van der Waals surface area contributed by atoms with Crippen molar-refractivity contribution >= 4 is 11.7 Å². The number of ether oxygens (including phenoxy) is 2. The number of carbonyl (C=O) groups excluding carboxylic acids is 1. The van der Waals surface area contributed by atoms with E-state index < -0.39 is 5.91 Å². The van der Waals surface area contributed by atoms with Crippen LogP contribution in [0, 0.1) is 0 Å². The number of pyridine rings is 1. The number of aromatic nitrogens is 1. The third kappa shape index (κ3) is 5.55. The van der Waals surface area contributed by atoms with E-state index in [1.54, 1.807) is 30.5 Å². The van der Waals surface area contributed by atoms with E-state index in [2.05, 4.69) is 14.9 Å². The summed E-state index contributed by atoms with van der Waals surface area (Å²) >= 11 is 0. The van der Waals surface area contributed by atoms with Crippen molar-refractivity contribution in [1.82, 2.24) is 9.88 Å². The lowest BCUT2D eigenvalue weighted by Crippen LogP contribution is -2.23. The van der Waals surface area contributed by atoms with Gasteiger partial charge < -0.3 is 20.3 Å². The number of nitrogens with zero attached hydrogens (tertiary/aromatic N) is 3. The van der Waals surface area contributed by atoms with Crippen molar-refractivity contribution in [3.05, 3.63) is 53.3 Å². The maximum Gasteiger partial charge on any atom is 0.279 e. The second kappa shape index (κ2) is 10.2. The lowest BCUT2D eigenvalue weighted by atomic mass is 10.1. The summed E-state index contributed by atoms with van der Waals surface area (Å²) in [5, 5.41) is 9.67. The molecule has 0 radical (unpaired) electrons. The highest BCUT2D eigenvalue weighted by molar-refractivity contribution is 6.08. The number of likely N-dealkylation sites (tertiary alicyclic amines) is 1. The Morgan fingerprint density at radius 1 is 1.20 bits per heavy atom. The third-order valence-corrected chi connectivity index (χ3v) is 4.76. The number of nitrogens with two attached hydrogens (primary N) is 1. The Morgan fingerprint density at radius 3 is 2.67 bits per heavy atom. The number of amidine groups is 1. The van der Waals surface area contributed by atoms with E-state index in [0.29, 0.717) is 48.9 Å². The van der Waals surface area contributed by atoms with E-state index in [4.69, 9.17) is 15.2 Å². The summed E-state index contributed by atoms with van der Waals surface area (Å²) in [7, 11) is 0. The number of rotatable bonds is 8. The van der Waals surface area contributed by atoms with Crippen molar-refractivity contribution < 1.29 is 19.4 Å². The van der Waals surface area contributed by atoms with E-state index in [9.17, 15) is 9.90 Å². The first kappa shape index (κ1) is 21.7. The molecule has 0 saturated carbocycles. The van der Waals surface area contributed by atoms with Crippen LogP contribution in [0.3, 0.4) is 0 Å². The highest BCUT2D eigenvalue weighted by Crippen LogP contribution is 2.28. The van der Waals surface area contributed by atoms with Gasteiger partial charge in [0.15, 0.2) is 11.5 Å². The smallest absolute Gasteiger partial charge is 0.279 e. The summed E-state index contributed by atoms with van der Waals surface area (Å²) in [5.74, 6) is 0.742. The molecule has 30 heavy (non-hydrogen) atoms. The van der Waals surface area contributed by atoms with E-state index in [1.165, 1.54) is 0 Å². The molecule has 1 aliphatic rings. The van der Waals surface area contributed by atoms with Crippen LogP contribution in [0.5, 0.6) is 11.5 Å². The molecular formula is C22H28N4O4.